The van der Waals surface area contributed by atoms with Gasteiger partial charge in [0.2, 0.25) is 0 Å². The smallest absolute Gasteiger partial charge is 0.302 e. The molecule has 0 aromatic carbocycles. The van der Waals surface area contributed by atoms with Crippen molar-refractivity contribution in [2.45, 2.75) is 37.0 Å². The van der Waals surface area contributed by atoms with E-state index >= 15 is 0 Å². The first kappa shape index (κ1) is 22.4. The van der Waals surface area contributed by atoms with Crippen LogP contribution in [0.1, 0.15) is 12.8 Å². The van der Waals surface area contributed by atoms with E-state index in [1.54, 1.807) is 0 Å². The maximum atomic E-state index is 12.4. The molecule has 1 N–H and O–H groups in total. The lowest BCUT2D eigenvalue weighted by molar-refractivity contribution is -0.286. The topological polar surface area (TPSA) is 55.8 Å². The quantitative estimate of drug-likeness (QED) is 0.496. The van der Waals surface area contributed by atoms with Crippen molar-refractivity contribution < 1.29 is 62.4 Å². The molecule has 0 fully saturated rings. The Morgan fingerprint density at radius 2 is 0.957 bits per heavy atom. The average Bonchev–Trinajstić information content (AvgIpc) is 2.24. The van der Waals surface area contributed by atoms with Crippen molar-refractivity contribution in [3.8, 4) is 0 Å². The first-order valence-corrected chi connectivity index (χ1v) is 6.92. The second-order valence-corrected chi connectivity index (χ2v) is 5.49. The molecule has 0 aliphatic carbocycles. The van der Waals surface area contributed by atoms with Crippen molar-refractivity contribution >= 4 is 7.82 Å². The van der Waals surface area contributed by atoms with Gasteiger partial charge >= 0.3 is 32.0 Å². The Kier molecular flexibility index (Phi) is 6.93. The molecular weight excluding hydrogens is 381 g/mol. The van der Waals surface area contributed by atoms with Crippen LogP contribution in [0.3, 0.4) is 0 Å². The van der Waals surface area contributed by atoms with E-state index in [0.29, 0.717) is 0 Å². The summed E-state index contributed by atoms with van der Waals surface area (Å²) in [6, 6.07) is 0. The Balaban J connectivity index is 4.35. The first-order valence-electron chi connectivity index (χ1n) is 5.42. The molecule has 0 aliphatic heterocycles. The SMILES string of the molecule is O=P(O)(OCCC(F)(F)C(F)(F)F)OCCC(F)(F)C(F)(F)F. The van der Waals surface area contributed by atoms with Crippen molar-refractivity contribution in [1.82, 2.24) is 0 Å². The van der Waals surface area contributed by atoms with Crippen LogP contribution >= 0.6 is 7.82 Å². The highest BCUT2D eigenvalue weighted by Gasteiger charge is 2.58. The predicted octanol–water partition coefficient (Wildman–Crippen LogP) is 4.30. The molecule has 15 heteroatoms. The van der Waals surface area contributed by atoms with Gasteiger partial charge in [0.25, 0.3) is 0 Å². The fourth-order valence-electron chi connectivity index (χ4n) is 0.899. The Bertz CT molecular complexity index is 396. The van der Waals surface area contributed by atoms with Crippen LogP contribution in [0.25, 0.3) is 0 Å². The van der Waals surface area contributed by atoms with E-state index < -0.39 is 58.1 Å². The van der Waals surface area contributed by atoms with Crippen molar-refractivity contribution in [2.24, 2.45) is 0 Å². The van der Waals surface area contributed by atoms with Gasteiger partial charge in [-0.3, -0.25) is 9.05 Å². The molecule has 0 rings (SSSR count). The third-order valence-electron chi connectivity index (χ3n) is 2.17. The molecular formula is C8H9F10O4P. The molecule has 0 heterocycles. The summed E-state index contributed by atoms with van der Waals surface area (Å²) in [6.45, 7) is -3.31. The van der Waals surface area contributed by atoms with Gasteiger partial charge in [-0.15, -0.1) is 0 Å². The summed E-state index contributed by atoms with van der Waals surface area (Å²) in [5.41, 5.74) is 0. The molecule has 0 aromatic heterocycles. The second kappa shape index (κ2) is 7.11. The largest absolute Gasteiger partial charge is 0.472 e. The first-order chi connectivity index (χ1) is 9.91. The van der Waals surface area contributed by atoms with Gasteiger partial charge in [0.1, 0.15) is 0 Å². The molecule has 23 heavy (non-hydrogen) atoms. The van der Waals surface area contributed by atoms with Crippen LogP contribution in [0.5, 0.6) is 0 Å². The van der Waals surface area contributed by atoms with Gasteiger partial charge in [-0.25, -0.2) is 4.57 Å². The van der Waals surface area contributed by atoms with E-state index in [1.165, 1.54) is 0 Å². The molecule has 0 bridgehead atoms. The molecule has 0 radical (unpaired) electrons. The zero-order valence-corrected chi connectivity index (χ0v) is 11.6. The predicted molar refractivity (Wildman–Crippen MR) is 53.0 cm³/mol. The fraction of sp³-hybridized carbons (Fsp3) is 1.00. The van der Waals surface area contributed by atoms with Gasteiger partial charge in [-0.2, -0.15) is 43.9 Å². The number of alkyl halides is 10. The molecule has 0 amide bonds. The maximum Gasteiger partial charge on any atom is 0.472 e. The Morgan fingerprint density at radius 1 is 0.696 bits per heavy atom. The van der Waals surface area contributed by atoms with E-state index in [9.17, 15) is 48.5 Å². The lowest BCUT2D eigenvalue weighted by atomic mass is 10.2. The number of rotatable bonds is 8. The van der Waals surface area contributed by atoms with Gasteiger partial charge < -0.3 is 4.89 Å². The van der Waals surface area contributed by atoms with E-state index in [2.05, 4.69) is 9.05 Å². The van der Waals surface area contributed by atoms with Gasteiger partial charge in [-0.05, 0) is 0 Å². The normalized spacial score (nSPS) is 15.1. The molecule has 140 valence electrons. The summed E-state index contributed by atoms with van der Waals surface area (Å²) in [5.74, 6) is -10.5. The minimum absolute atomic E-state index is 1.66. The zero-order chi connectivity index (χ0) is 18.7. The third-order valence-corrected chi connectivity index (χ3v) is 3.19. The molecule has 0 saturated carbocycles. The highest BCUT2D eigenvalue weighted by Crippen LogP contribution is 2.46. The van der Waals surface area contributed by atoms with Crippen molar-refractivity contribution in [3.63, 3.8) is 0 Å². The highest BCUT2D eigenvalue weighted by molar-refractivity contribution is 7.47. The van der Waals surface area contributed by atoms with Crippen molar-refractivity contribution in [3.05, 3.63) is 0 Å². The Hall–Kier alpha value is -0.590. The maximum absolute atomic E-state index is 12.4. The highest BCUT2D eigenvalue weighted by atomic mass is 31.2. The molecule has 0 atom stereocenters. The lowest BCUT2D eigenvalue weighted by Crippen LogP contribution is -2.37. The summed E-state index contributed by atoms with van der Waals surface area (Å²) >= 11 is 0. The minimum atomic E-state index is -5.95. The summed E-state index contributed by atoms with van der Waals surface area (Å²) in [6.07, 6.45) is -16.1. The number of phosphoric acid groups is 1. The van der Waals surface area contributed by atoms with Gasteiger partial charge in [0.15, 0.2) is 0 Å². The number of hydrogen-bond donors (Lipinski definition) is 1. The van der Waals surface area contributed by atoms with E-state index in [4.69, 9.17) is 4.89 Å². The Labute approximate surface area is 122 Å². The minimum Gasteiger partial charge on any atom is -0.302 e. The fourth-order valence-corrected chi connectivity index (χ4v) is 1.62. The van der Waals surface area contributed by atoms with Gasteiger partial charge in [0, 0.05) is 12.8 Å². The Morgan fingerprint density at radius 3 is 1.17 bits per heavy atom. The summed E-state index contributed by atoms with van der Waals surface area (Å²) in [5, 5.41) is 0. The second-order valence-electron chi connectivity index (χ2n) is 4.04. The van der Waals surface area contributed by atoms with Crippen molar-refractivity contribution in [2.75, 3.05) is 13.2 Å². The summed E-state index contributed by atoms with van der Waals surface area (Å²) < 4.78 is 138. The van der Waals surface area contributed by atoms with Crippen LogP contribution in [0.15, 0.2) is 0 Å². The number of phosphoric ester groups is 1. The molecule has 0 spiro atoms. The number of hydrogen-bond acceptors (Lipinski definition) is 3. The summed E-state index contributed by atoms with van der Waals surface area (Å²) in [7, 11) is -5.37. The average molecular weight is 390 g/mol. The zero-order valence-electron chi connectivity index (χ0n) is 10.7. The van der Waals surface area contributed by atoms with Crippen LogP contribution in [0, 0.1) is 0 Å². The van der Waals surface area contributed by atoms with Crippen LogP contribution in [0.2, 0.25) is 0 Å². The third kappa shape index (κ3) is 7.23. The van der Waals surface area contributed by atoms with Crippen LogP contribution in [0.4, 0.5) is 43.9 Å². The van der Waals surface area contributed by atoms with Crippen molar-refractivity contribution in [1.29, 1.82) is 0 Å². The van der Waals surface area contributed by atoms with E-state index in [0.717, 1.165) is 0 Å². The van der Waals surface area contributed by atoms with E-state index in [-0.39, 0.29) is 0 Å². The molecule has 0 aromatic rings. The van der Waals surface area contributed by atoms with Gasteiger partial charge in [-0.1, -0.05) is 0 Å². The monoisotopic (exact) mass is 390 g/mol. The lowest BCUT2D eigenvalue weighted by Gasteiger charge is -2.21. The van der Waals surface area contributed by atoms with E-state index in [1.807, 2.05) is 0 Å². The molecule has 4 nitrogen and oxygen atoms in total. The van der Waals surface area contributed by atoms with Crippen LogP contribution in [-0.2, 0) is 13.6 Å². The molecule has 0 aliphatic rings. The van der Waals surface area contributed by atoms with Crippen LogP contribution in [-0.4, -0.2) is 42.3 Å². The molecule has 0 saturated heterocycles. The number of halogens is 10. The van der Waals surface area contributed by atoms with Crippen LogP contribution < -0.4 is 0 Å². The molecule has 0 unspecified atom stereocenters. The summed E-state index contributed by atoms with van der Waals surface area (Å²) in [4.78, 5) is 8.77. The standard InChI is InChI=1S/C8H9F10O4P/c9-5(10,7(13,14)15)1-3-21-23(19,20)22-4-2-6(11,12)8(16,17)18/h1-4H2,(H,19,20). The van der Waals surface area contributed by atoms with Gasteiger partial charge in [0.05, 0.1) is 13.2 Å².